The fraction of sp³-hybridized carbons (Fsp3) is 0.625. The van der Waals surface area contributed by atoms with Crippen LogP contribution in [0.4, 0.5) is 14.5 Å². The van der Waals surface area contributed by atoms with Crippen LogP contribution in [0, 0.1) is 23.2 Å². The number of aromatic nitrogens is 4. The molecule has 4 aliphatic carbocycles. The molecule has 478 valence electrons. The molecule has 10 rings (SSSR count). The smallest absolute Gasteiger partial charge is 0.276 e. The van der Waals surface area contributed by atoms with E-state index in [1.807, 2.05) is 48.5 Å². The number of alkyl halides is 2. The Morgan fingerprint density at radius 1 is 0.773 bits per heavy atom. The van der Waals surface area contributed by atoms with Crippen molar-refractivity contribution in [3.63, 3.8) is 0 Å². The van der Waals surface area contributed by atoms with Gasteiger partial charge in [-0.1, -0.05) is 80.8 Å². The number of fused-ring (bicyclic) bond motifs is 3. The second-order valence-corrected chi connectivity index (χ2v) is 24.7. The number of carbonyl (C=O) groups is 6. The van der Waals surface area contributed by atoms with E-state index in [4.69, 9.17) is 23.7 Å². The second kappa shape index (κ2) is 29.7. The van der Waals surface area contributed by atoms with Crippen LogP contribution in [0.1, 0.15) is 129 Å². The molecule has 4 heterocycles. The lowest BCUT2D eigenvalue weighted by Gasteiger charge is -2.43. The molecule has 4 fully saturated rings. The van der Waals surface area contributed by atoms with Gasteiger partial charge in [0.15, 0.2) is 5.69 Å². The van der Waals surface area contributed by atoms with E-state index < -0.39 is 47.3 Å². The number of rotatable bonds is 31. The van der Waals surface area contributed by atoms with Crippen LogP contribution in [0.15, 0.2) is 67.0 Å². The molecule has 3 unspecified atom stereocenters. The number of H-pyrrole nitrogens is 1. The van der Waals surface area contributed by atoms with Crippen molar-refractivity contribution in [2.24, 2.45) is 23.2 Å². The van der Waals surface area contributed by atoms with E-state index in [2.05, 4.69) is 47.9 Å². The number of hydrogen-bond acceptors (Lipinski definition) is 14. The van der Waals surface area contributed by atoms with Crippen LogP contribution in [-0.2, 0) is 66.9 Å². The van der Waals surface area contributed by atoms with Gasteiger partial charge in [-0.05, 0) is 81.5 Å². The first-order chi connectivity index (χ1) is 42.6. The Labute approximate surface area is 512 Å². The minimum absolute atomic E-state index is 0.0146. The lowest BCUT2D eigenvalue weighted by atomic mass is 9.83. The van der Waals surface area contributed by atoms with E-state index in [-0.39, 0.29) is 118 Å². The van der Waals surface area contributed by atoms with Crippen molar-refractivity contribution in [1.82, 2.24) is 51.0 Å². The zero-order valence-electron chi connectivity index (χ0n) is 50.9. The molecule has 6 N–H and O–H groups in total. The van der Waals surface area contributed by atoms with Crippen LogP contribution >= 0.6 is 0 Å². The first kappa shape index (κ1) is 64.3. The monoisotopic (exact) mass is 1220 g/mol. The maximum absolute atomic E-state index is 14.7. The molecule has 0 radical (unpaired) electrons. The number of halogens is 2. The third-order valence-corrected chi connectivity index (χ3v) is 18.9. The Morgan fingerprint density at radius 3 is 2.12 bits per heavy atom. The lowest BCUT2D eigenvalue weighted by molar-refractivity contribution is -0.143. The van der Waals surface area contributed by atoms with E-state index >= 15 is 0 Å². The number of anilines is 1. The van der Waals surface area contributed by atoms with E-state index in [1.54, 1.807) is 47.8 Å². The first-order valence-electron chi connectivity index (χ1n) is 31.6. The summed E-state index contributed by atoms with van der Waals surface area (Å²) in [5.41, 5.74) is 3.90. The number of hydrogen-bond donors (Lipinski definition) is 6. The Morgan fingerprint density at radius 2 is 1.43 bits per heavy atom. The van der Waals surface area contributed by atoms with E-state index in [1.165, 1.54) is 5.56 Å². The number of carbonyl (C=O) groups excluding carboxylic acids is 6. The van der Waals surface area contributed by atoms with Crippen LogP contribution in [0.25, 0.3) is 0 Å². The molecule has 0 bridgehead atoms. The number of likely N-dealkylation sites (tertiary alicyclic amines) is 2. The standard InChI is InChI=1S/C64H87F2N11O11/c1-41(67-3)59(80)72-56(43-14-6-4-7-15-43)62(83)76-39-46(33-52(76)60(81)71-50-20-12-18-42-13-10-11-19-48(42)50)69-54(78)21-23-84-25-27-86-29-31-88-32-30-87-28-26-85-24-22-55(79)75-37-45(38-75)58(44-16-8-5-9-17-44)77-40-47(36-68-77)70-61(82)57-49-34-53-63(2,64(53,65)66)35-51(49)73-74-57/h5,8-11,13,16-17,19,36,40-41,43,45-46,50,52-53,56,58,67H,4,6-7,12,14-15,18,20-35,37-39H2,1-3H3,(H,69,78)(H,70,82)(H,71,81)(H,72,80)(H,73,74)/t41?,46-,50+,52-,53-,56?,58?,63+/m0/s1. The maximum Gasteiger partial charge on any atom is 0.276 e. The van der Waals surface area contributed by atoms with Gasteiger partial charge in [-0.15, -0.1) is 0 Å². The number of aromatic amines is 1. The fourth-order valence-corrected chi connectivity index (χ4v) is 13.6. The summed E-state index contributed by atoms with van der Waals surface area (Å²) < 4.78 is 59.1. The molecule has 6 aliphatic rings. The van der Waals surface area contributed by atoms with Crippen molar-refractivity contribution in [3.05, 3.63) is 101 Å². The van der Waals surface area contributed by atoms with Gasteiger partial charge in [-0.25, -0.2) is 8.78 Å². The topological polar surface area (TPSA) is 262 Å². The van der Waals surface area contributed by atoms with Crippen molar-refractivity contribution in [2.75, 3.05) is 98.1 Å². The molecule has 4 aromatic rings. The predicted molar refractivity (Wildman–Crippen MR) is 320 cm³/mol. The SMILES string of the molecule is CNC(C)C(=O)NC(C(=O)N1C[C@@H](NC(=O)CCOCCOCCOCCOCCOCCC(=O)N2CC(C(c3ccccc3)n3cc(NC(=O)c4n[nH]c5c4C[C@@H]4C(F)(F)[C@]4(C)C5)cn3)C2)C[C@H]1C(=O)N[C@@H]1CCCc2ccccc21)C1CCCCC1. The molecule has 2 aromatic heterocycles. The van der Waals surface area contributed by atoms with Gasteiger partial charge in [0, 0.05) is 73.2 Å². The quantitative estimate of drug-likeness (QED) is 0.0359. The van der Waals surface area contributed by atoms with Gasteiger partial charge in [-0.2, -0.15) is 10.2 Å². The molecule has 2 saturated carbocycles. The molecule has 2 saturated heterocycles. The maximum atomic E-state index is 14.7. The molecule has 24 heteroatoms. The van der Waals surface area contributed by atoms with Gasteiger partial charge in [0.25, 0.3) is 11.8 Å². The van der Waals surface area contributed by atoms with Crippen LogP contribution in [0.2, 0.25) is 0 Å². The Kier molecular flexibility index (Phi) is 21.7. The zero-order valence-corrected chi connectivity index (χ0v) is 50.9. The molecule has 22 nitrogen and oxygen atoms in total. The van der Waals surface area contributed by atoms with Crippen molar-refractivity contribution in [3.8, 4) is 0 Å². The number of nitrogens with one attached hydrogen (secondary N) is 6. The van der Waals surface area contributed by atoms with Crippen LogP contribution < -0.4 is 26.6 Å². The summed E-state index contributed by atoms with van der Waals surface area (Å²) in [7, 11) is 1.70. The van der Waals surface area contributed by atoms with Gasteiger partial charge in [0.1, 0.15) is 12.1 Å². The summed E-state index contributed by atoms with van der Waals surface area (Å²) in [4.78, 5) is 85.3. The van der Waals surface area contributed by atoms with Crippen LogP contribution in [0.5, 0.6) is 0 Å². The second-order valence-electron chi connectivity index (χ2n) is 24.7. The molecule has 0 spiro atoms. The summed E-state index contributed by atoms with van der Waals surface area (Å²) >= 11 is 0. The van der Waals surface area contributed by atoms with Crippen LogP contribution in [0.3, 0.4) is 0 Å². The van der Waals surface area contributed by atoms with Gasteiger partial charge in [0.2, 0.25) is 29.5 Å². The third kappa shape index (κ3) is 15.3. The predicted octanol–water partition coefficient (Wildman–Crippen LogP) is 5.09. The molecule has 6 amide bonds. The molecular weight excluding hydrogens is 1140 g/mol. The van der Waals surface area contributed by atoms with E-state index in [0.717, 1.165) is 62.5 Å². The summed E-state index contributed by atoms with van der Waals surface area (Å²) in [5, 5.41) is 26.8. The summed E-state index contributed by atoms with van der Waals surface area (Å²) in [5.74, 6) is -5.14. The summed E-state index contributed by atoms with van der Waals surface area (Å²) in [6, 6.07) is 15.0. The van der Waals surface area contributed by atoms with E-state index in [0.29, 0.717) is 76.3 Å². The van der Waals surface area contributed by atoms with Crippen molar-refractivity contribution in [1.29, 1.82) is 0 Å². The Hall–Kier alpha value is -6.70. The first-order valence-corrected chi connectivity index (χ1v) is 31.6. The fourth-order valence-electron chi connectivity index (χ4n) is 13.6. The minimum atomic E-state index is -2.76. The van der Waals surface area contributed by atoms with Crippen molar-refractivity contribution < 1.29 is 61.2 Å². The van der Waals surface area contributed by atoms with E-state index in [9.17, 15) is 37.5 Å². The summed E-state index contributed by atoms with van der Waals surface area (Å²) in [6.07, 6.45) is 11.4. The molecule has 88 heavy (non-hydrogen) atoms. The number of likely N-dealkylation sites (N-methyl/N-ethyl adjacent to an activating group) is 1. The highest BCUT2D eigenvalue weighted by Crippen LogP contribution is 2.70. The highest BCUT2D eigenvalue weighted by Gasteiger charge is 2.78. The van der Waals surface area contributed by atoms with Gasteiger partial charge >= 0.3 is 0 Å². The summed E-state index contributed by atoms with van der Waals surface area (Å²) in [6.45, 7) is 7.60. The minimum Gasteiger partial charge on any atom is -0.379 e. The van der Waals surface area contributed by atoms with Crippen molar-refractivity contribution in [2.45, 2.75) is 139 Å². The Balaban J connectivity index is 0.564. The normalized spacial score (nSPS) is 23.1. The number of nitrogens with zero attached hydrogens (tertiary/aromatic N) is 5. The average molecular weight is 1220 g/mol. The number of benzene rings is 2. The lowest BCUT2D eigenvalue weighted by Crippen LogP contribution is -2.58. The highest BCUT2D eigenvalue weighted by atomic mass is 19.3. The highest BCUT2D eigenvalue weighted by molar-refractivity contribution is 6.04. The molecular formula is C64H87F2N11O11. The average Bonchev–Trinajstić information content (AvgIpc) is 1.69. The number of ether oxygens (including phenoxy) is 5. The van der Waals surface area contributed by atoms with Crippen LogP contribution in [-0.4, -0.2) is 188 Å². The molecule has 8 atom stereocenters. The largest absolute Gasteiger partial charge is 0.379 e. The third-order valence-electron chi connectivity index (χ3n) is 18.9. The van der Waals surface area contributed by atoms with Crippen molar-refractivity contribution >= 4 is 41.1 Å². The van der Waals surface area contributed by atoms with Gasteiger partial charge in [0.05, 0.1) is 102 Å². The number of amides is 6. The van der Waals surface area contributed by atoms with Gasteiger partial charge < -0.3 is 60.1 Å². The zero-order chi connectivity index (χ0) is 61.8. The molecule has 2 aliphatic heterocycles. The molecule has 2 aromatic carbocycles. The Bertz CT molecular complexity index is 3030. The number of aryl methyl sites for hydroxylation is 1. The van der Waals surface area contributed by atoms with Gasteiger partial charge in [-0.3, -0.25) is 38.5 Å².